The lowest BCUT2D eigenvalue weighted by molar-refractivity contribution is -0.496. The molecule has 5 nitrogen and oxygen atoms in total. The zero-order valence-electron chi connectivity index (χ0n) is 8.57. The minimum Gasteiger partial charge on any atom is -0.478 e. The first-order valence-electron chi connectivity index (χ1n) is 5.02. The monoisotopic (exact) mass is 213 g/mol. The molecule has 0 aromatic heterocycles. The minimum atomic E-state index is -1.11. The largest absolute Gasteiger partial charge is 0.478 e. The normalized spacial score (nSPS) is 19.5. The molecule has 0 aromatic carbocycles. The highest BCUT2D eigenvalue weighted by atomic mass is 16.6. The topological polar surface area (TPSA) is 80.4 Å². The first-order chi connectivity index (χ1) is 6.98. The number of hydrogen-bond donors (Lipinski definition) is 1. The Kier molecular flexibility index (Phi) is 3.44. The Morgan fingerprint density at radius 2 is 1.93 bits per heavy atom. The minimum absolute atomic E-state index is 0.00102. The van der Waals surface area contributed by atoms with Gasteiger partial charge in [-0.1, -0.05) is 25.8 Å². The van der Waals surface area contributed by atoms with Gasteiger partial charge in [0.25, 0.3) is 0 Å². The Morgan fingerprint density at radius 1 is 1.40 bits per heavy atom. The quantitative estimate of drug-likeness (QED) is 0.439. The van der Waals surface area contributed by atoms with Crippen molar-refractivity contribution in [1.29, 1.82) is 0 Å². The molecule has 0 spiro atoms. The van der Waals surface area contributed by atoms with Crippen LogP contribution in [-0.2, 0) is 4.79 Å². The van der Waals surface area contributed by atoms with Gasteiger partial charge in [-0.2, -0.15) is 0 Å². The summed E-state index contributed by atoms with van der Waals surface area (Å²) in [6, 6.07) is 0. The maximum Gasteiger partial charge on any atom is 0.331 e. The van der Waals surface area contributed by atoms with Gasteiger partial charge in [0.05, 0.1) is 5.41 Å². The lowest BCUT2D eigenvalue weighted by Gasteiger charge is -2.33. The van der Waals surface area contributed by atoms with E-state index >= 15 is 0 Å². The van der Waals surface area contributed by atoms with Gasteiger partial charge in [-0.25, -0.2) is 4.79 Å². The highest BCUT2D eigenvalue weighted by molar-refractivity contribution is 5.87. The third kappa shape index (κ3) is 2.55. The fourth-order valence-electron chi connectivity index (χ4n) is 2.26. The second-order valence-electron chi connectivity index (χ2n) is 4.12. The lowest BCUT2D eigenvalue weighted by atomic mass is 9.69. The molecule has 5 heteroatoms. The fraction of sp³-hybridized carbons (Fsp3) is 0.700. The van der Waals surface area contributed by atoms with Gasteiger partial charge in [-0.05, 0) is 12.8 Å². The number of nitro groups is 1. The van der Waals surface area contributed by atoms with E-state index in [4.69, 9.17) is 5.11 Å². The molecule has 0 aromatic rings. The summed E-state index contributed by atoms with van der Waals surface area (Å²) in [7, 11) is 0. The third-order valence-corrected chi connectivity index (χ3v) is 3.14. The summed E-state index contributed by atoms with van der Waals surface area (Å²) in [5.41, 5.74) is -0.813. The van der Waals surface area contributed by atoms with Crippen LogP contribution in [-0.4, -0.2) is 22.5 Å². The van der Waals surface area contributed by atoms with Crippen LogP contribution in [0.1, 0.15) is 32.1 Å². The van der Waals surface area contributed by atoms with Crippen LogP contribution in [0.3, 0.4) is 0 Å². The van der Waals surface area contributed by atoms with E-state index < -0.39 is 16.3 Å². The number of rotatable bonds is 4. The van der Waals surface area contributed by atoms with Gasteiger partial charge >= 0.3 is 5.97 Å². The van der Waals surface area contributed by atoms with E-state index in [1.54, 1.807) is 0 Å². The second kappa shape index (κ2) is 4.42. The smallest absolute Gasteiger partial charge is 0.331 e. The molecular formula is C10H15NO4. The summed E-state index contributed by atoms with van der Waals surface area (Å²) in [5.74, 6) is -1.11. The summed E-state index contributed by atoms with van der Waals surface area (Å²) in [6.45, 7) is 3.19. The summed E-state index contributed by atoms with van der Waals surface area (Å²) < 4.78 is 0. The molecule has 1 N–H and O–H groups in total. The molecule has 0 unspecified atom stereocenters. The van der Waals surface area contributed by atoms with E-state index in [1.807, 2.05) is 0 Å². The van der Waals surface area contributed by atoms with E-state index in [0.29, 0.717) is 12.8 Å². The highest BCUT2D eigenvalue weighted by Gasteiger charge is 2.42. The van der Waals surface area contributed by atoms with Gasteiger partial charge in [-0.15, -0.1) is 0 Å². The van der Waals surface area contributed by atoms with Crippen molar-refractivity contribution in [2.24, 2.45) is 5.41 Å². The average molecular weight is 213 g/mol. The van der Waals surface area contributed by atoms with Crippen molar-refractivity contribution >= 4 is 5.97 Å². The standard InChI is InChI=1S/C10H15NO4/c1-8(9(12)13)10(7-11(14)15)5-3-2-4-6-10/h1-7H2,(H,12,13). The van der Waals surface area contributed by atoms with E-state index in [1.165, 1.54) is 0 Å². The van der Waals surface area contributed by atoms with Gasteiger partial charge in [0.1, 0.15) is 0 Å². The summed E-state index contributed by atoms with van der Waals surface area (Å²) in [4.78, 5) is 21.0. The van der Waals surface area contributed by atoms with Crippen molar-refractivity contribution in [3.63, 3.8) is 0 Å². The molecule has 0 atom stereocenters. The Hall–Kier alpha value is -1.39. The first-order valence-corrected chi connectivity index (χ1v) is 5.02. The Bertz CT molecular complexity index is 292. The van der Waals surface area contributed by atoms with Gasteiger partial charge in [0.15, 0.2) is 0 Å². The SMILES string of the molecule is C=C(C(=O)O)C1(C[N+](=O)[O-])CCCCC1. The second-order valence-corrected chi connectivity index (χ2v) is 4.12. The zero-order chi connectivity index (χ0) is 11.5. The van der Waals surface area contributed by atoms with E-state index in [0.717, 1.165) is 19.3 Å². The molecule has 1 rings (SSSR count). The molecule has 0 amide bonds. The molecule has 84 valence electrons. The lowest BCUT2D eigenvalue weighted by Crippen LogP contribution is -2.36. The Balaban J connectivity index is 2.88. The third-order valence-electron chi connectivity index (χ3n) is 3.14. The van der Waals surface area contributed by atoms with Crippen LogP contribution >= 0.6 is 0 Å². The van der Waals surface area contributed by atoms with Crippen molar-refractivity contribution in [2.75, 3.05) is 6.54 Å². The zero-order valence-corrected chi connectivity index (χ0v) is 8.57. The van der Waals surface area contributed by atoms with Crippen LogP contribution in [0, 0.1) is 15.5 Å². The fourth-order valence-corrected chi connectivity index (χ4v) is 2.26. The average Bonchev–Trinajstić information content (AvgIpc) is 2.16. The summed E-state index contributed by atoms with van der Waals surface area (Å²) >= 11 is 0. The van der Waals surface area contributed by atoms with Crippen LogP contribution in [0.5, 0.6) is 0 Å². The van der Waals surface area contributed by atoms with Gasteiger partial charge in [0, 0.05) is 10.5 Å². The maximum absolute atomic E-state index is 10.9. The molecule has 0 aliphatic heterocycles. The number of aliphatic carboxylic acids is 1. The van der Waals surface area contributed by atoms with Crippen LogP contribution in [0.25, 0.3) is 0 Å². The van der Waals surface area contributed by atoms with Crippen molar-refractivity contribution in [2.45, 2.75) is 32.1 Å². The number of hydrogen-bond acceptors (Lipinski definition) is 3. The molecule has 0 heterocycles. The number of nitrogens with zero attached hydrogens (tertiary/aromatic N) is 1. The van der Waals surface area contributed by atoms with Crippen LogP contribution in [0.4, 0.5) is 0 Å². The van der Waals surface area contributed by atoms with Crippen LogP contribution in [0.15, 0.2) is 12.2 Å². The molecule has 1 fully saturated rings. The van der Waals surface area contributed by atoms with E-state index in [-0.39, 0.29) is 12.1 Å². The molecule has 15 heavy (non-hydrogen) atoms. The predicted molar refractivity (Wildman–Crippen MR) is 54.2 cm³/mol. The van der Waals surface area contributed by atoms with Gasteiger partial charge < -0.3 is 5.11 Å². The number of carboxylic acids is 1. The van der Waals surface area contributed by atoms with Crippen molar-refractivity contribution in [1.82, 2.24) is 0 Å². The maximum atomic E-state index is 10.9. The number of carbonyl (C=O) groups is 1. The molecule has 0 bridgehead atoms. The van der Waals surface area contributed by atoms with Gasteiger partial charge in [-0.3, -0.25) is 10.1 Å². The van der Waals surface area contributed by atoms with Crippen molar-refractivity contribution in [3.8, 4) is 0 Å². The Labute approximate surface area is 87.9 Å². The van der Waals surface area contributed by atoms with Gasteiger partial charge in [0.2, 0.25) is 6.54 Å². The van der Waals surface area contributed by atoms with Crippen molar-refractivity contribution in [3.05, 3.63) is 22.3 Å². The Morgan fingerprint density at radius 3 is 2.33 bits per heavy atom. The van der Waals surface area contributed by atoms with E-state index in [9.17, 15) is 14.9 Å². The molecule has 1 saturated carbocycles. The predicted octanol–water partition coefficient (Wildman–Crippen LogP) is 1.85. The number of carboxylic acid groups (broad SMARTS) is 1. The van der Waals surface area contributed by atoms with E-state index in [2.05, 4.69) is 6.58 Å². The van der Waals surface area contributed by atoms with Crippen LogP contribution in [0.2, 0.25) is 0 Å². The molecule has 0 saturated heterocycles. The van der Waals surface area contributed by atoms with Crippen LogP contribution < -0.4 is 0 Å². The summed E-state index contributed by atoms with van der Waals surface area (Å²) in [5, 5.41) is 19.5. The van der Waals surface area contributed by atoms with Crippen molar-refractivity contribution < 1.29 is 14.8 Å². The molecular weight excluding hydrogens is 198 g/mol. The molecule has 1 aliphatic carbocycles. The summed E-state index contributed by atoms with van der Waals surface area (Å²) in [6.07, 6.45) is 3.85. The first kappa shape index (κ1) is 11.7. The molecule has 0 radical (unpaired) electrons. The molecule has 1 aliphatic rings. The highest BCUT2D eigenvalue weighted by Crippen LogP contribution is 2.41.